The van der Waals surface area contributed by atoms with Crippen molar-refractivity contribution < 1.29 is 18.7 Å². The molecular formula is C14H15FN2O3. The van der Waals surface area contributed by atoms with Crippen molar-refractivity contribution in [3.8, 4) is 5.75 Å². The highest BCUT2D eigenvalue weighted by Crippen LogP contribution is 2.42. The molecule has 2 atom stereocenters. The lowest BCUT2D eigenvalue weighted by Gasteiger charge is -2.37. The van der Waals surface area contributed by atoms with E-state index in [4.69, 9.17) is 4.74 Å². The molecule has 2 aliphatic rings. The van der Waals surface area contributed by atoms with Crippen LogP contribution in [0.5, 0.6) is 5.75 Å². The molecule has 0 aromatic heterocycles. The Bertz CT molecular complexity index is 590. The zero-order chi connectivity index (χ0) is 14.3. The third-order valence-corrected chi connectivity index (χ3v) is 3.78. The number of rotatable bonds is 2. The molecule has 0 saturated carbocycles. The molecule has 2 N–H and O–H groups in total. The van der Waals surface area contributed by atoms with Crippen molar-refractivity contribution in [1.82, 2.24) is 10.6 Å². The average Bonchev–Trinajstić information content (AvgIpc) is 2.66. The van der Waals surface area contributed by atoms with Gasteiger partial charge in [0.1, 0.15) is 17.7 Å². The predicted octanol–water partition coefficient (Wildman–Crippen LogP) is 1.81. The summed E-state index contributed by atoms with van der Waals surface area (Å²) in [4.78, 5) is 23.7. The van der Waals surface area contributed by atoms with Gasteiger partial charge in [0.05, 0.1) is 0 Å². The van der Waals surface area contributed by atoms with Crippen LogP contribution in [0.25, 0.3) is 0 Å². The molecule has 0 aliphatic carbocycles. The summed E-state index contributed by atoms with van der Waals surface area (Å²) in [5.74, 6) is -0.457. The summed E-state index contributed by atoms with van der Waals surface area (Å²) in [5, 5.41) is 4.88. The standard InChI is InChI=1S/C14H15FN2O3/c1-2-3-9-7-14(12(18)16-13(19)17-14)10-6-8(15)4-5-11(10)20-9/h4-6,9H,2-3,7H2,1H3,(H2,16,17,18,19). The Balaban J connectivity index is 2.11. The molecule has 2 aliphatic heterocycles. The van der Waals surface area contributed by atoms with Crippen LogP contribution in [0, 0.1) is 5.82 Å². The zero-order valence-electron chi connectivity index (χ0n) is 11.0. The van der Waals surface area contributed by atoms with E-state index in [1.807, 2.05) is 6.92 Å². The van der Waals surface area contributed by atoms with Crippen LogP contribution in [0.1, 0.15) is 31.7 Å². The molecule has 2 heterocycles. The second-order valence-electron chi connectivity index (χ2n) is 5.19. The van der Waals surface area contributed by atoms with Gasteiger partial charge in [0.25, 0.3) is 5.91 Å². The maximum absolute atomic E-state index is 13.5. The number of nitrogens with one attached hydrogen (secondary N) is 2. The number of amides is 3. The Kier molecular flexibility index (Phi) is 2.88. The Morgan fingerprint density at radius 2 is 2.25 bits per heavy atom. The van der Waals surface area contributed by atoms with Gasteiger partial charge in [-0.05, 0) is 24.6 Å². The van der Waals surface area contributed by atoms with Gasteiger partial charge in [-0.3, -0.25) is 10.1 Å². The molecular weight excluding hydrogens is 263 g/mol. The fraction of sp³-hybridized carbons (Fsp3) is 0.429. The molecule has 1 aromatic rings. The van der Waals surface area contributed by atoms with Gasteiger partial charge in [-0.25, -0.2) is 9.18 Å². The van der Waals surface area contributed by atoms with Crippen molar-refractivity contribution in [2.24, 2.45) is 0 Å². The van der Waals surface area contributed by atoms with Crippen LogP contribution in [-0.4, -0.2) is 18.0 Å². The van der Waals surface area contributed by atoms with E-state index in [1.165, 1.54) is 18.2 Å². The van der Waals surface area contributed by atoms with E-state index >= 15 is 0 Å². The highest BCUT2D eigenvalue weighted by molar-refractivity contribution is 6.07. The van der Waals surface area contributed by atoms with Gasteiger partial charge in [0.15, 0.2) is 5.54 Å². The first-order chi connectivity index (χ1) is 9.55. The van der Waals surface area contributed by atoms with Crippen molar-refractivity contribution in [1.29, 1.82) is 0 Å². The van der Waals surface area contributed by atoms with Gasteiger partial charge in [-0.2, -0.15) is 0 Å². The lowest BCUT2D eigenvalue weighted by atomic mass is 9.81. The monoisotopic (exact) mass is 278 g/mol. The lowest BCUT2D eigenvalue weighted by Crippen LogP contribution is -2.50. The Morgan fingerprint density at radius 3 is 2.90 bits per heavy atom. The zero-order valence-corrected chi connectivity index (χ0v) is 11.0. The molecule has 1 spiro atoms. The molecule has 20 heavy (non-hydrogen) atoms. The molecule has 0 radical (unpaired) electrons. The van der Waals surface area contributed by atoms with E-state index in [2.05, 4.69) is 10.6 Å². The molecule has 0 bridgehead atoms. The number of ether oxygens (including phenoxy) is 1. The molecule has 1 saturated heterocycles. The highest BCUT2D eigenvalue weighted by atomic mass is 19.1. The molecule has 106 valence electrons. The third kappa shape index (κ3) is 1.83. The van der Waals surface area contributed by atoms with Crippen LogP contribution in [0.4, 0.5) is 9.18 Å². The van der Waals surface area contributed by atoms with Crippen molar-refractivity contribution >= 4 is 11.9 Å². The number of benzene rings is 1. The molecule has 2 unspecified atom stereocenters. The van der Waals surface area contributed by atoms with E-state index < -0.39 is 23.3 Å². The summed E-state index contributed by atoms with van der Waals surface area (Å²) in [6.07, 6.45) is 1.80. The number of carbonyl (C=O) groups excluding carboxylic acids is 2. The smallest absolute Gasteiger partial charge is 0.322 e. The largest absolute Gasteiger partial charge is 0.490 e. The number of fused-ring (bicyclic) bond motifs is 2. The number of halogens is 1. The van der Waals surface area contributed by atoms with Gasteiger partial charge in [0.2, 0.25) is 0 Å². The molecule has 3 rings (SSSR count). The van der Waals surface area contributed by atoms with Crippen molar-refractivity contribution in [3.63, 3.8) is 0 Å². The molecule has 5 nitrogen and oxygen atoms in total. The van der Waals surface area contributed by atoms with Gasteiger partial charge >= 0.3 is 6.03 Å². The van der Waals surface area contributed by atoms with Crippen molar-refractivity contribution in [2.75, 3.05) is 0 Å². The van der Waals surface area contributed by atoms with E-state index in [1.54, 1.807) is 0 Å². The van der Waals surface area contributed by atoms with Crippen LogP contribution in [-0.2, 0) is 10.3 Å². The summed E-state index contributed by atoms with van der Waals surface area (Å²) < 4.78 is 19.3. The Morgan fingerprint density at radius 1 is 1.45 bits per heavy atom. The average molecular weight is 278 g/mol. The maximum Gasteiger partial charge on any atom is 0.322 e. The summed E-state index contributed by atoms with van der Waals surface area (Å²) in [5.41, 5.74) is -0.833. The summed E-state index contributed by atoms with van der Waals surface area (Å²) in [6.45, 7) is 2.02. The minimum absolute atomic E-state index is 0.179. The van der Waals surface area contributed by atoms with E-state index in [-0.39, 0.29) is 6.10 Å². The van der Waals surface area contributed by atoms with Gasteiger partial charge in [-0.15, -0.1) is 0 Å². The topological polar surface area (TPSA) is 67.4 Å². The van der Waals surface area contributed by atoms with E-state index in [9.17, 15) is 14.0 Å². The number of imide groups is 1. The van der Waals surface area contributed by atoms with E-state index in [0.29, 0.717) is 17.7 Å². The normalized spacial score (nSPS) is 27.8. The van der Waals surface area contributed by atoms with Crippen LogP contribution < -0.4 is 15.4 Å². The van der Waals surface area contributed by atoms with Crippen LogP contribution in [0.15, 0.2) is 18.2 Å². The first-order valence-corrected chi connectivity index (χ1v) is 6.65. The first-order valence-electron chi connectivity index (χ1n) is 6.65. The first kappa shape index (κ1) is 12.9. The van der Waals surface area contributed by atoms with E-state index in [0.717, 1.165) is 12.8 Å². The number of hydrogen-bond acceptors (Lipinski definition) is 3. The fourth-order valence-electron chi connectivity index (χ4n) is 2.92. The fourth-order valence-corrected chi connectivity index (χ4v) is 2.92. The molecule has 1 aromatic carbocycles. The van der Waals surface area contributed by atoms with Crippen LogP contribution in [0.3, 0.4) is 0 Å². The minimum Gasteiger partial charge on any atom is -0.490 e. The van der Waals surface area contributed by atoms with Gasteiger partial charge < -0.3 is 10.1 Å². The minimum atomic E-state index is -1.22. The number of carbonyl (C=O) groups is 2. The lowest BCUT2D eigenvalue weighted by molar-refractivity contribution is -0.126. The third-order valence-electron chi connectivity index (χ3n) is 3.78. The summed E-state index contributed by atoms with van der Waals surface area (Å²) >= 11 is 0. The Hall–Kier alpha value is -2.11. The van der Waals surface area contributed by atoms with Gasteiger partial charge in [0, 0.05) is 12.0 Å². The summed E-state index contributed by atoms with van der Waals surface area (Å²) in [6, 6.07) is 3.49. The molecule has 3 amide bonds. The number of urea groups is 1. The highest BCUT2D eigenvalue weighted by Gasteiger charge is 2.53. The second-order valence-corrected chi connectivity index (χ2v) is 5.19. The van der Waals surface area contributed by atoms with Crippen LogP contribution >= 0.6 is 0 Å². The van der Waals surface area contributed by atoms with Crippen LogP contribution in [0.2, 0.25) is 0 Å². The SMILES string of the molecule is CCCC1CC2(NC(=O)NC2=O)c2cc(F)ccc2O1. The maximum atomic E-state index is 13.5. The second kappa shape index (κ2) is 4.47. The predicted molar refractivity (Wildman–Crippen MR) is 68.7 cm³/mol. The van der Waals surface area contributed by atoms with Gasteiger partial charge in [-0.1, -0.05) is 13.3 Å². The summed E-state index contributed by atoms with van der Waals surface area (Å²) in [7, 11) is 0. The number of hydrogen-bond donors (Lipinski definition) is 2. The quantitative estimate of drug-likeness (QED) is 0.811. The van der Waals surface area contributed by atoms with Crippen molar-refractivity contribution in [3.05, 3.63) is 29.6 Å². The molecule has 1 fully saturated rings. The Labute approximate surface area is 115 Å². The van der Waals surface area contributed by atoms with Crippen molar-refractivity contribution in [2.45, 2.75) is 37.8 Å². The molecule has 6 heteroatoms.